The molecule has 0 unspecified atom stereocenters. The maximum absolute atomic E-state index is 13.0. The summed E-state index contributed by atoms with van der Waals surface area (Å²) in [6.45, 7) is 1.75. The van der Waals surface area contributed by atoms with E-state index in [-0.39, 0.29) is 12.2 Å². The average Bonchev–Trinajstić information content (AvgIpc) is 2.22. The van der Waals surface area contributed by atoms with Gasteiger partial charge in [0, 0.05) is 6.42 Å². The van der Waals surface area contributed by atoms with E-state index in [0.717, 1.165) is 31.2 Å². The zero-order valence-electron chi connectivity index (χ0n) is 9.50. The summed E-state index contributed by atoms with van der Waals surface area (Å²) in [5.41, 5.74) is 1.79. The van der Waals surface area contributed by atoms with Gasteiger partial charge < -0.3 is 5.11 Å². The Morgan fingerprint density at radius 2 is 2.06 bits per heavy atom. The molecule has 0 bridgehead atoms. The molecular weight excluding hydrogens is 207 g/mol. The van der Waals surface area contributed by atoms with Crippen molar-refractivity contribution in [3.8, 4) is 0 Å². The number of benzene rings is 1. The standard InChI is InChI=1S/C13H17FO2/c1-10-9-11(7-8-12(10)14)5-3-2-4-6-13(15)16/h7-9H,2-6H2,1H3,(H,15,16). The zero-order chi connectivity index (χ0) is 12.0. The first-order valence-electron chi connectivity index (χ1n) is 5.56. The Morgan fingerprint density at radius 1 is 1.31 bits per heavy atom. The fraction of sp³-hybridized carbons (Fsp3) is 0.462. The molecule has 1 aromatic carbocycles. The van der Waals surface area contributed by atoms with Crippen molar-refractivity contribution in [2.75, 3.05) is 0 Å². The predicted molar refractivity (Wildman–Crippen MR) is 60.9 cm³/mol. The SMILES string of the molecule is Cc1cc(CCCCCC(=O)O)ccc1F. The molecular formula is C13H17FO2. The lowest BCUT2D eigenvalue weighted by molar-refractivity contribution is -0.137. The third kappa shape index (κ3) is 4.43. The van der Waals surface area contributed by atoms with Crippen LogP contribution in [0.4, 0.5) is 4.39 Å². The molecule has 1 rings (SSSR count). The summed E-state index contributed by atoms with van der Waals surface area (Å²) in [5.74, 6) is -0.910. The predicted octanol–water partition coefficient (Wildman–Crippen LogP) is 3.32. The number of carboxylic acid groups (broad SMARTS) is 1. The van der Waals surface area contributed by atoms with E-state index in [1.165, 1.54) is 6.07 Å². The van der Waals surface area contributed by atoms with E-state index >= 15 is 0 Å². The van der Waals surface area contributed by atoms with Crippen molar-refractivity contribution >= 4 is 5.97 Å². The Morgan fingerprint density at radius 3 is 2.69 bits per heavy atom. The topological polar surface area (TPSA) is 37.3 Å². The molecule has 0 radical (unpaired) electrons. The molecule has 0 atom stereocenters. The summed E-state index contributed by atoms with van der Waals surface area (Å²) >= 11 is 0. The van der Waals surface area contributed by atoms with Crippen LogP contribution in [0, 0.1) is 12.7 Å². The third-order valence-electron chi connectivity index (χ3n) is 2.58. The highest BCUT2D eigenvalue weighted by Crippen LogP contribution is 2.12. The number of aliphatic carboxylic acids is 1. The zero-order valence-corrected chi connectivity index (χ0v) is 9.50. The molecule has 0 aliphatic carbocycles. The molecule has 0 fully saturated rings. The molecule has 3 heteroatoms. The second-order valence-electron chi connectivity index (χ2n) is 4.04. The lowest BCUT2D eigenvalue weighted by atomic mass is 10.0. The van der Waals surface area contributed by atoms with Crippen molar-refractivity contribution < 1.29 is 14.3 Å². The number of carbonyl (C=O) groups is 1. The highest BCUT2D eigenvalue weighted by molar-refractivity contribution is 5.66. The van der Waals surface area contributed by atoms with Crippen LogP contribution in [-0.2, 0) is 11.2 Å². The molecule has 0 aromatic heterocycles. The summed E-state index contributed by atoms with van der Waals surface area (Å²) in [4.78, 5) is 10.3. The number of hydrogen-bond donors (Lipinski definition) is 1. The Balaban J connectivity index is 2.27. The van der Waals surface area contributed by atoms with Crippen molar-refractivity contribution in [1.82, 2.24) is 0 Å². The summed E-state index contributed by atoms with van der Waals surface area (Å²) in [7, 11) is 0. The van der Waals surface area contributed by atoms with Crippen molar-refractivity contribution in [2.45, 2.75) is 39.0 Å². The normalized spacial score (nSPS) is 10.4. The fourth-order valence-electron chi connectivity index (χ4n) is 1.64. The lowest BCUT2D eigenvalue weighted by Gasteiger charge is -2.03. The molecule has 0 aliphatic rings. The number of unbranched alkanes of at least 4 members (excludes halogenated alkanes) is 2. The molecule has 0 amide bonds. The van der Waals surface area contributed by atoms with Crippen LogP contribution < -0.4 is 0 Å². The van der Waals surface area contributed by atoms with Gasteiger partial charge in [-0.05, 0) is 43.4 Å². The summed E-state index contributed by atoms with van der Waals surface area (Å²) < 4.78 is 13.0. The average molecular weight is 224 g/mol. The van der Waals surface area contributed by atoms with E-state index in [0.29, 0.717) is 5.56 Å². The summed E-state index contributed by atoms with van der Waals surface area (Å²) in [6, 6.07) is 5.13. The van der Waals surface area contributed by atoms with Crippen molar-refractivity contribution in [2.24, 2.45) is 0 Å². The molecule has 0 saturated heterocycles. The van der Waals surface area contributed by atoms with Gasteiger partial charge in [-0.3, -0.25) is 4.79 Å². The van der Waals surface area contributed by atoms with E-state index in [1.54, 1.807) is 13.0 Å². The maximum atomic E-state index is 13.0. The van der Waals surface area contributed by atoms with Crippen LogP contribution in [0.2, 0.25) is 0 Å². The molecule has 0 heterocycles. The molecule has 16 heavy (non-hydrogen) atoms. The molecule has 0 aliphatic heterocycles. The Labute approximate surface area is 95.1 Å². The molecule has 88 valence electrons. The van der Waals surface area contributed by atoms with Crippen LogP contribution in [0.1, 0.15) is 36.8 Å². The van der Waals surface area contributed by atoms with Crippen molar-refractivity contribution in [3.05, 3.63) is 35.1 Å². The maximum Gasteiger partial charge on any atom is 0.303 e. The largest absolute Gasteiger partial charge is 0.481 e. The van der Waals surface area contributed by atoms with Gasteiger partial charge in [-0.15, -0.1) is 0 Å². The first-order chi connectivity index (χ1) is 7.59. The van der Waals surface area contributed by atoms with E-state index < -0.39 is 5.97 Å². The van der Waals surface area contributed by atoms with Gasteiger partial charge in [-0.1, -0.05) is 18.6 Å². The number of aryl methyl sites for hydroxylation is 2. The minimum absolute atomic E-state index is 0.172. The van der Waals surface area contributed by atoms with Crippen molar-refractivity contribution in [3.63, 3.8) is 0 Å². The van der Waals surface area contributed by atoms with Gasteiger partial charge in [0.05, 0.1) is 0 Å². The molecule has 1 N–H and O–H groups in total. The van der Waals surface area contributed by atoms with Gasteiger partial charge in [0.25, 0.3) is 0 Å². The fourth-order valence-corrected chi connectivity index (χ4v) is 1.64. The Hall–Kier alpha value is -1.38. The number of rotatable bonds is 6. The third-order valence-corrected chi connectivity index (χ3v) is 2.58. The Bertz CT molecular complexity index is 361. The van der Waals surface area contributed by atoms with E-state index in [2.05, 4.69) is 0 Å². The first kappa shape index (κ1) is 12.7. The van der Waals surface area contributed by atoms with Crippen LogP contribution in [0.15, 0.2) is 18.2 Å². The summed E-state index contributed by atoms with van der Waals surface area (Å²) in [6.07, 6.45) is 3.71. The lowest BCUT2D eigenvalue weighted by Crippen LogP contribution is -1.94. The summed E-state index contributed by atoms with van der Waals surface area (Å²) in [5, 5.41) is 8.46. The van der Waals surface area contributed by atoms with E-state index in [9.17, 15) is 9.18 Å². The molecule has 1 aromatic rings. The van der Waals surface area contributed by atoms with Crippen LogP contribution in [0.3, 0.4) is 0 Å². The molecule has 0 spiro atoms. The van der Waals surface area contributed by atoms with Crippen molar-refractivity contribution in [1.29, 1.82) is 0 Å². The van der Waals surface area contributed by atoms with Gasteiger partial charge >= 0.3 is 5.97 Å². The van der Waals surface area contributed by atoms with Gasteiger partial charge in [-0.2, -0.15) is 0 Å². The van der Waals surface area contributed by atoms with E-state index in [1.807, 2.05) is 6.07 Å². The van der Waals surface area contributed by atoms with Crippen LogP contribution in [0.5, 0.6) is 0 Å². The Kier molecular flexibility index (Phi) is 4.96. The smallest absolute Gasteiger partial charge is 0.303 e. The first-order valence-corrected chi connectivity index (χ1v) is 5.56. The second kappa shape index (κ2) is 6.26. The van der Waals surface area contributed by atoms with Crippen LogP contribution in [0.25, 0.3) is 0 Å². The van der Waals surface area contributed by atoms with E-state index in [4.69, 9.17) is 5.11 Å². The van der Waals surface area contributed by atoms with Gasteiger partial charge in [0.1, 0.15) is 5.82 Å². The number of hydrogen-bond acceptors (Lipinski definition) is 1. The highest BCUT2D eigenvalue weighted by Gasteiger charge is 2.00. The van der Waals surface area contributed by atoms with Gasteiger partial charge in [0.2, 0.25) is 0 Å². The molecule has 0 saturated carbocycles. The second-order valence-corrected chi connectivity index (χ2v) is 4.04. The minimum atomic E-state index is -0.738. The number of carboxylic acids is 1. The van der Waals surface area contributed by atoms with Crippen LogP contribution >= 0.6 is 0 Å². The van der Waals surface area contributed by atoms with Gasteiger partial charge in [-0.25, -0.2) is 4.39 Å². The molecule has 2 nitrogen and oxygen atoms in total. The van der Waals surface area contributed by atoms with Gasteiger partial charge in [0.15, 0.2) is 0 Å². The minimum Gasteiger partial charge on any atom is -0.481 e. The van der Waals surface area contributed by atoms with Crippen LogP contribution in [-0.4, -0.2) is 11.1 Å². The quantitative estimate of drug-likeness (QED) is 0.752. The highest BCUT2D eigenvalue weighted by atomic mass is 19.1. The number of halogens is 1. The monoisotopic (exact) mass is 224 g/mol.